The molecule has 4 rings (SSSR count). The highest BCUT2D eigenvalue weighted by molar-refractivity contribution is 7.22. The molecule has 30 heavy (non-hydrogen) atoms. The van der Waals surface area contributed by atoms with Gasteiger partial charge in [0.05, 0.1) is 9.72 Å². The summed E-state index contributed by atoms with van der Waals surface area (Å²) in [5.41, 5.74) is 1.59. The minimum absolute atomic E-state index is 0.124. The molecule has 0 N–H and O–H groups in total. The maximum atomic E-state index is 13.1. The largest absolute Gasteiger partial charge is 0.454 e. The highest BCUT2D eigenvalue weighted by Crippen LogP contribution is 2.34. The second-order valence-electron chi connectivity index (χ2n) is 7.18. The van der Waals surface area contributed by atoms with Crippen LogP contribution in [0.15, 0.2) is 42.5 Å². The summed E-state index contributed by atoms with van der Waals surface area (Å²) >= 11 is 7.76. The van der Waals surface area contributed by atoms with Gasteiger partial charge >= 0.3 is 0 Å². The molecule has 156 valence electrons. The summed E-state index contributed by atoms with van der Waals surface area (Å²) in [6, 6.07) is 11.3. The third-order valence-electron chi connectivity index (χ3n) is 4.66. The van der Waals surface area contributed by atoms with Gasteiger partial charge in [0.1, 0.15) is 5.52 Å². The van der Waals surface area contributed by atoms with Gasteiger partial charge in [-0.15, -0.1) is 0 Å². The van der Waals surface area contributed by atoms with Crippen LogP contribution in [0.3, 0.4) is 0 Å². The van der Waals surface area contributed by atoms with Gasteiger partial charge in [0.25, 0.3) is 5.91 Å². The number of benzene rings is 2. The van der Waals surface area contributed by atoms with Crippen molar-refractivity contribution in [3.05, 3.63) is 53.1 Å². The van der Waals surface area contributed by atoms with Crippen molar-refractivity contribution in [2.24, 2.45) is 0 Å². The molecule has 0 spiro atoms. The number of nitrogens with zero attached hydrogens (tertiary/aromatic N) is 3. The lowest BCUT2D eigenvalue weighted by molar-refractivity contribution is -0.114. The molecule has 2 aromatic carbocycles. The highest BCUT2D eigenvalue weighted by atomic mass is 35.5. The molecule has 2 heterocycles. The molecular formula is C22H22ClN3O3S. The van der Waals surface area contributed by atoms with Gasteiger partial charge in [0.15, 0.2) is 16.6 Å². The minimum atomic E-state index is -0.124. The van der Waals surface area contributed by atoms with E-state index in [2.05, 4.69) is 9.88 Å². The molecule has 0 unspecified atom stereocenters. The van der Waals surface area contributed by atoms with Crippen LogP contribution in [0.1, 0.15) is 12.0 Å². The Morgan fingerprint density at radius 2 is 2.03 bits per heavy atom. The molecule has 6 nitrogen and oxygen atoms in total. The van der Waals surface area contributed by atoms with E-state index in [1.54, 1.807) is 17.1 Å². The molecule has 0 saturated carbocycles. The lowest BCUT2D eigenvalue weighted by atomic mass is 10.2. The quantitative estimate of drug-likeness (QED) is 0.496. The Kier molecular flexibility index (Phi) is 6.22. The van der Waals surface area contributed by atoms with Crippen LogP contribution >= 0.6 is 22.9 Å². The first-order valence-corrected chi connectivity index (χ1v) is 10.8. The molecule has 3 aromatic rings. The number of para-hydroxylation sites is 1. The van der Waals surface area contributed by atoms with E-state index in [1.165, 1.54) is 11.3 Å². The molecule has 0 radical (unpaired) electrons. The van der Waals surface area contributed by atoms with Crippen molar-refractivity contribution < 1.29 is 14.3 Å². The van der Waals surface area contributed by atoms with E-state index >= 15 is 0 Å². The zero-order chi connectivity index (χ0) is 21.1. The summed E-state index contributed by atoms with van der Waals surface area (Å²) in [5.74, 6) is 1.28. The van der Waals surface area contributed by atoms with Crippen LogP contribution < -0.4 is 14.4 Å². The summed E-state index contributed by atoms with van der Waals surface area (Å²) in [6.07, 6.45) is 4.19. The van der Waals surface area contributed by atoms with Gasteiger partial charge in [-0.3, -0.25) is 9.69 Å². The maximum absolute atomic E-state index is 13.1. The Morgan fingerprint density at radius 3 is 2.83 bits per heavy atom. The number of rotatable bonds is 7. The molecular weight excluding hydrogens is 422 g/mol. The van der Waals surface area contributed by atoms with Crippen LogP contribution in [-0.4, -0.2) is 49.8 Å². The van der Waals surface area contributed by atoms with Crippen LogP contribution in [0.4, 0.5) is 5.13 Å². The molecule has 0 saturated heterocycles. The Hall–Kier alpha value is -2.61. The van der Waals surface area contributed by atoms with Gasteiger partial charge < -0.3 is 14.4 Å². The Balaban J connectivity index is 1.57. The molecule has 1 aromatic heterocycles. The smallest absolute Gasteiger partial charge is 0.252 e. The molecule has 1 aliphatic rings. The van der Waals surface area contributed by atoms with Crippen molar-refractivity contribution >= 4 is 50.3 Å². The molecule has 0 fully saturated rings. The third-order valence-corrected chi connectivity index (χ3v) is 6.01. The van der Waals surface area contributed by atoms with Gasteiger partial charge in [0, 0.05) is 12.6 Å². The topological polar surface area (TPSA) is 54.9 Å². The molecule has 0 aliphatic carbocycles. The maximum Gasteiger partial charge on any atom is 0.252 e. The van der Waals surface area contributed by atoms with Crippen molar-refractivity contribution in [3.63, 3.8) is 0 Å². The summed E-state index contributed by atoms with van der Waals surface area (Å²) in [4.78, 5) is 21.5. The summed E-state index contributed by atoms with van der Waals surface area (Å²) in [7, 11) is 4.03. The van der Waals surface area contributed by atoms with Crippen LogP contribution in [-0.2, 0) is 4.79 Å². The zero-order valence-electron chi connectivity index (χ0n) is 16.8. The van der Waals surface area contributed by atoms with Gasteiger partial charge in [-0.1, -0.05) is 35.1 Å². The normalized spacial score (nSPS) is 12.9. The Morgan fingerprint density at radius 1 is 1.20 bits per heavy atom. The molecule has 0 bridgehead atoms. The number of hydrogen-bond acceptors (Lipinski definition) is 6. The first-order valence-electron chi connectivity index (χ1n) is 9.60. The zero-order valence-corrected chi connectivity index (χ0v) is 18.4. The van der Waals surface area contributed by atoms with Crippen LogP contribution in [0.25, 0.3) is 16.3 Å². The number of thiazole rings is 1. The monoisotopic (exact) mass is 443 g/mol. The average Bonchev–Trinajstić information content (AvgIpc) is 3.36. The molecule has 0 atom stereocenters. The van der Waals surface area contributed by atoms with E-state index in [-0.39, 0.29) is 12.7 Å². The number of fused-ring (bicyclic) bond motifs is 2. The highest BCUT2D eigenvalue weighted by Gasteiger charge is 2.19. The SMILES string of the molecule is CN(C)CCCN(C(=O)C=Cc1ccc2c(c1)OCO2)c1nc2c(Cl)cccc2s1. The van der Waals surface area contributed by atoms with Gasteiger partial charge in [-0.2, -0.15) is 0 Å². The second kappa shape index (κ2) is 9.04. The van der Waals surface area contributed by atoms with E-state index in [1.807, 2.05) is 50.5 Å². The predicted octanol–water partition coefficient (Wildman–Crippen LogP) is 4.68. The second-order valence-corrected chi connectivity index (χ2v) is 8.59. The van der Waals surface area contributed by atoms with Crippen molar-refractivity contribution in [2.45, 2.75) is 6.42 Å². The van der Waals surface area contributed by atoms with E-state index < -0.39 is 0 Å². The fourth-order valence-electron chi connectivity index (χ4n) is 3.14. The van der Waals surface area contributed by atoms with Gasteiger partial charge in [0.2, 0.25) is 6.79 Å². The van der Waals surface area contributed by atoms with Crippen LogP contribution in [0.2, 0.25) is 5.02 Å². The van der Waals surface area contributed by atoms with Crippen LogP contribution in [0, 0.1) is 0 Å². The fraction of sp³-hybridized carbons (Fsp3) is 0.273. The Labute approximate surface area is 184 Å². The number of carbonyl (C=O) groups is 1. The number of ether oxygens (including phenoxy) is 2. The number of amides is 1. The third kappa shape index (κ3) is 4.59. The summed E-state index contributed by atoms with van der Waals surface area (Å²) < 4.78 is 11.7. The first-order chi connectivity index (χ1) is 14.5. The lowest BCUT2D eigenvalue weighted by Gasteiger charge is -2.19. The number of hydrogen-bond donors (Lipinski definition) is 0. The standard InChI is InChI=1S/C22H22ClN3O3S/c1-25(2)11-4-12-26(22-24-21-16(23)5-3-6-19(21)30-22)20(27)10-8-15-7-9-17-18(13-15)29-14-28-17/h3,5-10,13H,4,11-12,14H2,1-2H3. The number of aromatic nitrogens is 1. The molecule has 1 aliphatic heterocycles. The predicted molar refractivity (Wildman–Crippen MR) is 122 cm³/mol. The summed E-state index contributed by atoms with van der Waals surface area (Å²) in [6.45, 7) is 1.67. The van der Waals surface area contributed by atoms with Crippen molar-refractivity contribution in [1.82, 2.24) is 9.88 Å². The number of anilines is 1. The summed E-state index contributed by atoms with van der Waals surface area (Å²) in [5, 5.41) is 1.24. The molecule has 1 amide bonds. The van der Waals surface area contributed by atoms with Crippen molar-refractivity contribution in [1.29, 1.82) is 0 Å². The van der Waals surface area contributed by atoms with Crippen LogP contribution in [0.5, 0.6) is 11.5 Å². The van der Waals surface area contributed by atoms with Gasteiger partial charge in [-0.05, 0) is 63.0 Å². The Bertz CT molecular complexity index is 1100. The van der Waals surface area contributed by atoms with Gasteiger partial charge in [-0.25, -0.2) is 4.98 Å². The lowest BCUT2D eigenvalue weighted by Crippen LogP contribution is -2.32. The van der Waals surface area contributed by atoms with E-state index in [0.29, 0.717) is 22.4 Å². The van der Waals surface area contributed by atoms with E-state index in [0.717, 1.165) is 34.5 Å². The first kappa shape index (κ1) is 20.7. The van der Waals surface area contributed by atoms with Crippen molar-refractivity contribution in [2.75, 3.05) is 38.9 Å². The van der Waals surface area contributed by atoms with E-state index in [4.69, 9.17) is 21.1 Å². The minimum Gasteiger partial charge on any atom is -0.454 e. The average molecular weight is 444 g/mol. The molecule has 8 heteroatoms. The number of halogens is 1. The number of carbonyl (C=O) groups excluding carboxylic acids is 1. The van der Waals surface area contributed by atoms with E-state index in [9.17, 15) is 4.79 Å². The van der Waals surface area contributed by atoms with Crippen molar-refractivity contribution in [3.8, 4) is 11.5 Å². The fourth-order valence-corrected chi connectivity index (χ4v) is 4.43.